The van der Waals surface area contributed by atoms with E-state index in [1.165, 1.54) is 23.9 Å². The van der Waals surface area contributed by atoms with Crippen LogP contribution in [0.2, 0.25) is 0 Å². The molecule has 0 spiro atoms. The molecule has 1 saturated heterocycles. The van der Waals surface area contributed by atoms with Crippen LogP contribution in [0.4, 0.5) is 14.9 Å². The highest BCUT2D eigenvalue weighted by Crippen LogP contribution is 2.46. The fourth-order valence-corrected chi connectivity index (χ4v) is 4.38. The zero-order valence-electron chi connectivity index (χ0n) is 15.2. The Morgan fingerprint density at radius 3 is 3.00 bits per heavy atom. The SMILES string of the molecule is CC(C)(C)OC(=O)NC1=N[C@@]2(c3cc(N)ccc3F)CCOCC2CS1. The molecule has 1 aromatic carbocycles. The third-order valence-corrected chi connectivity index (χ3v) is 5.44. The normalized spacial score (nSPS) is 25.8. The van der Waals surface area contributed by atoms with Gasteiger partial charge in [0.2, 0.25) is 0 Å². The van der Waals surface area contributed by atoms with E-state index in [0.717, 1.165) is 0 Å². The molecule has 1 unspecified atom stereocenters. The number of carbonyl (C=O) groups is 1. The number of anilines is 1. The van der Waals surface area contributed by atoms with E-state index < -0.39 is 17.2 Å². The minimum atomic E-state index is -0.798. The first-order valence-corrected chi connectivity index (χ1v) is 9.54. The van der Waals surface area contributed by atoms with Crippen LogP contribution in [0.15, 0.2) is 23.2 Å². The van der Waals surface area contributed by atoms with Gasteiger partial charge in [-0.15, -0.1) is 0 Å². The predicted octanol–water partition coefficient (Wildman–Crippen LogP) is 3.27. The van der Waals surface area contributed by atoms with E-state index in [1.54, 1.807) is 26.8 Å². The van der Waals surface area contributed by atoms with E-state index in [-0.39, 0.29) is 11.7 Å². The summed E-state index contributed by atoms with van der Waals surface area (Å²) in [6.45, 7) is 6.34. The first kappa shape index (κ1) is 19.0. The highest BCUT2D eigenvalue weighted by Gasteiger charge is 2.47. The summed E-state index contributed by atoms with van der Waals surface area (Å²) >= 11 is 1.41. The van der Waals surface area contributed by atoms with Crippen molar-refractivity contribution in [1.29, 1.82) is 0 Å². The van der Waals surface area contributed by atoms with Gasteiger partial charge in [-0.25, -0.2) is 9.18 Å². The molecule has 6 nitrogen and oxygen atoms in total. The number of rotatable bonds is 1. The summed E-state index contributed by atoms with van der Waals surface area (Å²) in [5.41, 5.74) is 5.43. The molecule has 1 amide bonds. The van der Waals surface area contributed by atoms with Gasteiger partial charge in [0.1, 0.15) is 11.4 Å². The van der Waals surface area contributed by atoms with E-state index in [2.05, 4.69) is 5.32 Å². The predicted molar refractivity (Wildman–Crippen MR) is 101 cm³/mol. The lowest BCUT2D eigenvalue weighted by Crippen LogP contribution is -2.48. The van der Waals surface area contributed by atoms with E-state index in [9.17, 15) is 9.18 Å². The molecule has 2 heterocycles. The molecule has 2 atom stereocenters. The third kappa shape index (κ3) is 3.96. The summed E-state index contributed by atoms with van der Waals surface area (Å²) in [6.07, 6.45) is -0.0459. The van der Waals surface area contributed by atoms with E-state index in [0.29, 0.717) is 41.8 Å². The van der Waals surface area contributed by atoms with Crippen LogP contribution < -0.4 is 11.1 Å². The van der Waals surface area contributed by atoms with Crippen molar-refractivity contribution in [3.8, 4) is 0 Å². The van der Waals surface area contributed by atoms with Gasteiger partial charge < -0.3 is 15.2 Å². The quantitative estimate of drug-likeness (QED) is 0.729. The lowest BCUT2D eigenvalue weighted by molar-refractivity contribution is 0.00869. The number of thioether (sulfide) groups is 1. The molecule has 142 valence electrons. The number of aliphatic imine (C=N–C) groups is 1. The van der Waals surface area contributed by atoms with Crippen molar-refractivity contribution in [3.05, 3.63) is 29.6 Å². The number of halogens is 1. The fraction of sp³-hybridized carbons (Fsp3) is 0.556. The van der Waals surface area contributed by atoms with Crippen molar-refractivity contribution in [1.82, 2.24) is 5.32 Å². The second-order valence-corrected chi connectivity index (χ2v) is 8.55. The number of alkyl carbamates (subject to hydrolysis) is 1. The Morgan fingerprint density at radius 1 is 1.50 bits per heavy atom. The summed E-state index contributed by atoms with van der Waals surface area (Å²) in [4.78, 5) is 16.9. The summed E-state index contributed by atoms with van der Waals surface area (Å²) in [7, 11) is 0. The number of nitrogens with two attached hydrogens (primary N) is 1. The molecule has 0 aliphatic carbocycles. The van der Waals surface area contributed by atoms with Crippen molar-refractivity contribution in [2.75, 3.05) is 24.7 Å². The number of carbonyl (C=O) groups excluding carboxylic acids is 1. The van der Waals surface area contributed by atoms with Gasteiger partial charge in [-0.05, 0) is 39.0 Å². The molecule has 0 aromatic heterocycles. The lowest BCUT2D eigenvalue weighted by Gasteiger charge is -2.44. The molecule has 0 saturated carbocycles. The first-order chi connectivity index (χ1) is 12.2. The zero-order chi connectivity index (χ0) is 18.9. The molecule has 0 radical (unpaired) electrons. The summed E-state index contributed by atoms with van der Waals surface area (Å²) < 4.78 is 25.5. The van der Waals surface area contributed by atoms with Crippen molar-refractivity contribution in [2.24, 2.45) is 10.9 Å². The van der Waals surface area contributed by atoms with Crippen LogP contribution in [-0.2, 0) is 15.0 Å². The summed E-state index contributed by atoms with van der Waals surface area (Å²) in [5, 5.41) is 3.12. The van der Waals surface area contributed by atoms with Gasteiger partial charge in [0.15, 0.2) is 5.17 Å². The largest absolute Gasteiger partial charge is 0.444 e. The molecule has 8 heteroatoms. The van der Waals surface area contributed by atoms with Gasteiger partial charge >= 0.3 is 6.09 Å². The van der Waals surface area contributed by atoms with Gasteiger partial charge in [0, 0.05) is 35.9 Å². The fourth-order valence-electron chi connectivity index (χ4n) is 3.27. The minimum absolute atomic E-state index is 0.00161. The number of ether oxygens (including phenoxy) is 2. The molecular weight excluding hydrogens is 357 g/mol. The molecule has 2 aliphatic heterocycles. The highest BCUT2D eigenvalue weighted by molar-refractivity contribution is 8.13. The maximum atomic E-state index is 14.6. The maximum Gasteiger partial charge on any atom is 0.413 e. The number of nitrogens with one attached hydrogen (secondary N) is 1. The van der Waals surface area contributed by atoms with E-state index >= 15 is 0 Å². The number of hydrogen-bond acceptors (Lipinski definition) is 6. The van der Waals surface area contributed by atoms with Gasteiger partial charge in [-0.1, -0.05) is 11.8 Å². The van der Waals surface area contributed by atoms with Crippen molar-refractivity contribution < 1.29 is 18.7 Å². The first-order valence-electron chi connectivity index (χ1n) is 8.55. The Hall–Kier alpha value is -1.80. The van der Waals surface area contributed by atoms with Gasteiger partial charge in [0.25, 0.3) is 0 Å². The van der Waals surface area contributed by atoms with E-state index in [1.807, 2.05) is 0 Å². The molecule has 2 aliphatic rings. The standard InChI is InChI=1S/C18H24FN3O3S/c1-17(2,3)25-16(23)21-15-22-18(6-7-24-9-11(18)10-26-15)13-8-12(20)4-5-14(13)19/h4-5,8,11H,6-7,9-10,20H2,1-3H3,(H,21,22,23)/t11?,18-/m0/s1. The maximum absolute atomic E-state index is 14.6. The number of nitrogen functional groups attached to an aromatic ring is 1. The molecule has 1 fully saturated rings. The van der Waals surface area contributed by atoms with Crippen molar-refractivity contribution in [3.63, 3.8) is 0 Å². The number of amides is 1. The topological polar surface area (TPSA) is 85.9 Å². The monoisotopic (exact) mass is 381 g/mol. The highest BCUT2D eigenvalue weighted by atomic mass is 32.2. The van der Waals surface area contributed by atoms with Crippen molar-refractivity contribution in [2.45, 2.75) is 38.3 Å². The van der Waals surface area contributed by atoms with Crippen molar-refractivity contribution >= 4 is 28.7 Å². The number of nitrogens with zero attached hydrogens (tertiary/aromatic N) is 1. The van der Waals surface area contributed by atoms with Crippen LogP contribution in [0.5, 0.6) is 0 Å². The minimum Gasteiger partial charge on any atom is -0.444 e. The average Bonchev–Trinajstić information content (AvgIpc) is 2.55. The van der Waals surface area contributed by atoms with Crippen LogP contribution in [0.1, 0.15) is 32.8 Å². The Kier molecular flexibility index (Phi) is 5.16. The Labute approximate surface area is 156 Å². The number of hydrogen-bond donors (Lipinski definition) is 2. The molecule has 3 N–H and O–H groups in total. The lowest BCUT2D eigenvalue weighted by atomic mass is 9.75. The Morgan fingerprint density at radius 2 is 2.27 bits per heavy atom. The smallest absolute Gasteiger partial charge is 0.413 e. The third-order valence-electron chi connectivity index (χ3n) is 4.41. The van der Waals surface area contributed by atoms with Gasteiger partial charge in [-0.2, -0.15) is 0 Å². The van der Waals surface area contributed by atoms with Crippen LogP contribution in [0.3, 0.4) is 0 Å². The molecule has 3 rings (SSSR count). The average molecular weight is 381 g/mol. The Bertz CT molecular complexity index is 735. The van der Waals surface area contributed by atoms with Crippen LogP contribution >= 0.6 is 11.8 Å². The van der Waals surface area contributed by atoms with E-state index in [4.69, 9.17) is 20.2 Å². The number of amidine groups is 1. The second kappa shape index (κ2) is 7.08. The summed E-state index contributed by atoms with van der Waals surface area (Å²) in [6, 6.07) is 4.54. The zero-order valence-corrected chi connectivity index (χ0v) is 16.0. The number of benzene rings is 1. The molecule has 26 heavy (non-hydrogen) atoms. The Balaban J connectivity index is 1.95. The molecule has 0 bridgehead atoms. The second-order valence-electron chi connectivity index (χ2n) is 7.54. The van der Waals surface area contributed by atoms with Crippen LogP contribution in [0.25, 0.3) is 0 Å². The van der Waals surface area contributed by atoms with Crippen LogP contribution in [0, 0.1) is 11.7 Å². The summed E-state index contributed by atoms with van der Waals surface area (Å²) in [5.74, 6) is 0.308. The van der Waals surface area contributed by atoms with Gasteiger partial charge in [0.05, 0.1) is 12.1 Å². The molecular formula is C18H24FN3O3S. The van der Waals surface area contributed by atoms with Crippen LogP contribution in [-0.4, -0.2) is 35.8 Å². The number of fused-ring (bicyclic) bond motifs is 1. The molecule has 1 aromatic rings. The van der Waals surface area contributed by atoms with Gasteiger partial charge in [-0.3, -0.25) is 10.3 Å².